The van der Waals surface area contributed by atoms with Crippen molar-refractivity contribution in [2.24, 2.45) is 5.41 Å². The summed E-state index contributed by atoms with van der Waals surface area (Å²) in [6.45, 7) is 6.67. The highest BCUT2D eigenvalue weighted by atomic mass is 79.9. The number of carbonyl (C=O) groups excluding carboxylic acids is 1. The Morgan fingerprint density at radius 2 is 2.04 bits per heavy atom. The van der Waals surface area contributed by atoms with Gasteiger partial charge in [0.05, 0.1) is 25.3 Å². The van der Waals surface area contributed by atoms with E-state index in [9.17, 15) is 4.79 Å². The summed E-state index contributed by atoms with van der Waals surface area (Å²) in [5.74, 6) is 0.558. The molecule has 2 aromatic carbocycles. The molecule has 0 aliphatic carbocycles. The molecule has 1 aliphatic heterocycles. The maximum Gasteiger partial charge on any atom is 0.338 e. The largest absolute Gasteiger partial charge is 0.497 e. The fraction of sp³-hybridized carbons (Fsp3) is 0.381. The van der Waals surface area contributed by atoms with E-state index in [4.69, 9.17) is 9.47 Å². The van der Waals surface area contributed by atoms with Crippen molar-refractivity contribution in [3.8, 4) is 5.75 Å². The van der Waals surface area contributed by atoms with Crippen LogP contribution >= 0.6 is 15.9 Å². The topological polar surface area (TPSA) is 47.6 Å². The number of fused-ring (bicyclic) bond motifs is 1. The van der Waals surface area contributed by atoms with Crippen LogP contribution < -0.4 is 10.1 Å². The Morgan fingerprint density at radius 1 is 1.27 bits per heavy atom. The van der Waals surface area contributed by atoms with Crippen molar-refractivity contribution in [3.05, 3.63) is 57.6 Å². The van der Waals surface area contributed by atoms with E-state index in [2.05, 4.69) is 47.2 Å². The first-order valence-electron chi connectivity index (χ1n) is 8.75. The normalized spacial score (nSPS) is 17.8. The van der Waals surface area contributed by atoms with Gasteiger partial charge in [-0.25, -0.2) is 4.79 Å². The van der Waals surface area contributed by atoms with Crippen LogP contribution in [0.3, 0.4) is 0 Å². The van der Waals surface area contributed by atoms with Gasteiger partial charge in [0.25, 0.3) is 0 Å². The molecule has 2 aromatic rings. The number of benzene rings is 2. The Labute approximate surface area is 163 Å². The van der Waals surface area contributed by atoms with Gasteiger partial charge in [-0.2, -0.15) is 0 Å². The SMILES string of the molecule is CCOC(=O)c1ccc2c(c1)CC(C)(C)C(c1cc(Br)cc(OC)c1)N2. The second-order valence-electron chi connectivity index (χ2n) is 7.26. The molecule has 0 spiro atoms. The van der Waals surface area contributed by atoms with Crippen molar-refractivity contribution in [3.63, 3.8) is 0 Å². The number of hydrogen-bond donors (Lipinski definition) is 1. The van der Waals surface area contributed by atoms with Crippen LogP contribution in [0, 0.1) is 5.41 Å². The molecule has 1 unspecified atom stereocenters. The number of esters is 1. The van der Waals surface area contributed by atoms with Gasteiger partial charge in [0.1, 0.15) is 5.75 Å². The van der Waals surface area contributed by atoms with Gasteiger partial charge >= 0.3 is 5.97 Å². The predicted octanol–water partition coefficient (Wildman–Crippen LogP) is 5.37. The molecule has 0 aromatic heterocycles. The van der Waals surface area contributed by atoms with Gasteiger partial charge in [0, 0.05) is 10.2 Å². The minimum absolute atomic E-state index is 0.0356. The number of hydrogen-bond acceptors (Lipinski definition) is 4. The minimum Gasteiger partial charge on any atom is -0.497 e. The fourth-order valence-corrected chi connectivity index (χ4v) is 4.06. The summed E-state index contributed by atoms with van der Waals surface area (Å²) < 4.78 is 11.5. The zero-order valence-corrected chi connectivity index (χ0v) is 17.1. The number of carbonyl (C=O) groups is 1. The van der Waals surface area contributed by atoms with Crippen molar-refractivity contribution in [2.45, 2.75) is 33.2 Å². The van der Waals surface area contributed by atoms with E-state index in [-0.39, 0.29) is 17.4 Å². The van der Waals surface area contributed by atoms with Crippen LogP contribution in [-0.2, 0) is 11.2 Å². The molecule has 0 bridgehead atoms. The summed E-state index contributed by atoms with van der Waals surface area (Å²) in [6, 6.07) is 12.0. The molecule has 0 saturated heterocycles. The molecule has 0 amide bonds. The average molecular weight is 418 g/mol. The number of halogens is 1. The first-order valence-corrected chi connectivity index (χ1v) is 9.54. The van der Waals surface area contributed by atoms with Crippen molar-refractivity contribution in [1.82, 2.24) is 0 Å². The molecule has 138 valence electrons. The first kappa shape index (κ1) is 18.8. The highest BCUT2D eigenvalue weighted by molar-refractivity contribution is 9.10. The lowest BCUT2D eigenvalue weighted by Gasteiger charge is -2.41. The summed E-state index contributed by atoms with van der Waals surface area (Å²) in [5, 5.41) is 3.65. The Kier molecular flexibility index (Phi) is 5.28. The molecule has 1 atom stereocenters. The van der Waals surface area contributed by atoms with Crippen molar-refractivity contribution in [1.29, 1.82) is 0 Å². The quantitative estimate of drug-likeness (QED) is 0.679. The van der Waals surface area contributed by atoms with Crippen molar-refractivity contribution < 1.29 is 14.3 Å². The molecule has 0 radical (unpaired) electrons. The van der Waals surface area contributed by atoms with Crippen LogP contribution in [0.2, 0.25) is 0 Å². The highest BCUT2D eigenvalue weighted by Gasteiger charge is 2.36. The number of nitrogens with one attached hydrogen (secondary N) is 1. The molecule has 3 rings (SSSR count). The third kappa shape index (κ3) is 3.73. The van der Waals surface area contributed by atoms with Crippen LogP contribution in [0.4, 0.5) is 5.69 Å². The summed E-state index contributed by atoms with van der Waals surface area (Å²) in [6.07, 6.45) is 0.863. The number of anilines is 1. The third-order valence-electron chi connectivity index (χ3n) is 4.81. The van der Waals surface area contributed by atoms with Crippen molar-refractivity contribution in [2.75, 3.05) is 19.0 Å². The van der Waals surface area contributed by atoms with Crippen LogP contribution in [0.25, 0.3) is 0 Å². The van der Waals surface area contributed by atoms with E-state index < -0.39 is 0 Å². The lowest BCUT2D eigenvalue weighted by molar-refractivity contribution is 0.0526. The molecule has 0 fully saturated rings. The Balaban J connectivity index is 1.96. The van der Waals surface area contributed by atoms with Gasteiger partial charge in [0.15, 0.2) is 0 Å². The second kappa shape index (κ2) is 7.31. The van der Waals surface area contributed by atoms with Gasteiger partial charge in [-0.3, -0.25) is 0 Å². The zero-order valence-electron chi connectivity index (χ0n) is 15.6. The van der Waals surface area contributed by atoms with E-state index in [1.165, 1.54) is 5.56 Å². The first-order chi connectivity index (χ1) is 12.3. The lowest BCUT2D eigenvalue weighted by atomic mass is 9.72. The van der Waals surface area contributed by atoms with E-state index in [1.54, 1.807) is 7.11 Å². The third-order valence-corrected chi connectivity index (χ3v) is 5.26. The molecule has 4 nitrogen and oxygen atoms in total. The Hall–Kier alpha value is -2.01. The fourth-order valence-electron chi connectivity index (χ4n) is 3.57. The molecule has 1 N–H and O–H groups in total. The summed E-state index contributed by atoms with van der Waals surface area (Å²) in [4.78, 5) is 12.0. The molecule has 1 heterocycles. The predicted molar refractivity (Wildman–Crippen MR) is 107 cm³/mol. The van der Waals surface area contributed by atoms with E-state index in [0.717, 1.165) is 27.9 Å². The van der Waals surface area contributed by atoms with Gasteiger partial charge < -0.3 is 14.8 Å². The maximum absolute atomic E-state index is 12.0. The second-order valence-corrected chi connectivity index (χ2v) is 8.18. The van der Waals surface area contributed by atoms with E-state index in [1.807, 2.05) is 31.2 Å². The summed E-state index contributed by atoms with van der Waals surface area (Å²) in [5.41, 5.74) is 3.93. The maximum atomic E-state index is 12.0. The van der Waals surface area contributed by atoms with E-state index >= 15 is 0 Å². The standard InChI is InChI=1S/C21H24BrNO3/c1-5-26-20(24)13-6-7-18-15(8-13)12-21(2,3)19(23-18)14-9-16(22)11-17(10-14)25-4/h6-11,19,23H,5,12H2,1-4H3. The summed E-state index contributed by atoms with van der Waals surface area (Å²) in [7, 11) is 1.68. The molecular formula is C21H24BrNO3. The average Bonchev–Trinajstić information content (AvgIpc) is 2.59. The molecule has 5 heteroatoms. The van der Waals surface area contributed by atoms with Gasteiger partial charge in [0.2, 0.25) is 0 Å². The van der Waals surface area contributed by atoms with Crippen LogP contribution in [-0.4, -0.2) is 19.7 Å². The Morgan fingerprint density at radius 3 is 2.73 bits per heavy atom. The monoisotopic (exact) mass is 417 g/mol. The van der Waals surface area contributed by atoms with Gasteiger partial charge in [-0.1, -0.05) is 29.8 Å². The van der Waals surface area contributed by atoms with Gasteiger partial charge in [-0.15, -0.1) is 0 Å². The summed E-state index contributed by atoms with van der Waals surface area (Å²) >= 11 is 3.57. The molecule has 1 aliphatic rings. The van der Waals surface area contributed by atoms with Crippen molar-refractivity contribution >= 4 is 27.6 Å². The molecule has 0 saturated carbocycles. The minimum atomic E-state index is -0.271. The Bertz CT molecular complexity index is 832. The van der Waals surface area contributed by atoms with Crippen LogP contribution in [0.1, 0.15) is 48.3 Å². The highest BCUT2D eigenvalue weighted by Crippen LogP contribution is 2.46. The zero-order chi connectivity index (χ0) is 18.9. The number of ether oxygens (including phenoxy) is 2. The number of rotatable bonds is 4. The van der Waals surface area contributed by atoms with Crippen LogP contribution in [0.5, 0.6) is 5.75 Å². The van der Waals surface area contributed by atoms with Gasteiger partial charge in [-0.05, 0) is 66.3 Å². The lowest BCUT2D eigenvalue weighted by Crippen LogP contribution is -2.35. The smallest absolute Gasteiger partial charge is 0.338 e. The number of methoxy groups -OCH3 is 1. The van der Waals surface area contributed by atoms with Crippen LogP contribution in [0.15, 0.2) is 40.9 Å². The van der Waals surface area contributed by atoms with E-state index in [0.29, 0.717) is 12.2 Å². The molecular weight excluding hydrogens is 394 g/mol. The molecule has 26 heavy (non-hydrogen) atoms.